The third-order valence-electron chi connectivity index (χ3n) is 1.58. The first-order valence-electron chi connectivity index (χ1n) is 3.49. The van der Waals surface area contributed by atoms with Crippen LogP contribution in [0.25, 0.3) is 0 Å². The number of alkyl halides is 3. The van der Waals surface area contributed by atoms with Crippen LogP contribution in [0.3, 0.4) is 0 Å². The molecule has 0 nitrogen and oxygen atoms in total. The van der Waals surface area contributed by atoms with Crippen LogP contribution in [-0.2, 0) is 0 Å². The van der Waals surface area contributed by atoms with Crippen molar-refractivity contribution in [1.29, 1.82) is 0 Å². The Morgan fingerprint density at radius 2 is 1.54 bits per heavy atom. The molecule has 0 aliphatic rings. The van der Waals surface area contributed by atoms with E-state index in [-0.39, 0.29) is 5.56 Å². The normalized spacial score (nSPS) is 14.2. The van der Waals surface area contributed by atoms with Gasteiger partial charge in [0.15, 0.2) is 0 Å². The standard InChI is InChI=1S/C8H5BF4/c9-7(8(11,12)13)5-1-3-6(10)4-2-5/h1-4,7H. The van der Waals surface area contributed by atoms with Crippen LogP contribution >= 0.6 is 0 Å². The van der Waals surface area contributed by atoms with Crippen molar-refractivity contribution >= 4 is 7.85 Å². The van der Waals surface area contributed by atoms with E-state index in [0.717, 1.165) is 24.3 Å². The quantitative estimate of drug-likeness (QED) is 0.469. The molecule has 68 valence electrons. The molecule has 1 rings (SSSR count). The third kappa shape index (κ3) is 2.47. The van der Waals surface area contributed by atoms with Crippen molar-refractivity contribution in [2.45, 2.75) is 12.0 Å². The lowest BCUT2D eigenvalue weighted by atomic mass is 9.80. The van der Waals surface area contributed by atoms with E-state index in [0.29, 0.717) is 0 Å². The summed E-state index contributed by atoms with van der Waals surface area (Å²) in [6, 6.07) is 3.93. The fourth-order valence-electron chi connectivity index (χ4n) is 0.859. The Morgan fingerprint density at radius 1 is 1.08 bits per heavy atom. The maximum absolute atomic E-state index is 12.3. The molecular formula is C8H5BF4. The summed E-state index contributed by atoms with van der Waals surface area (Å²) in [5.74, 6) is -2.63. The molecule has 0 fully saturated rings. The second-order valence-corrected chi connectivity index (χ2v) is 2.57. The fourth-order valence-corrected chi connectivity index (χ4v) is 0.859. The van der Waals surface area contributed by atoms with Gasteiger partial charge in [0.2, 0.25) is 0 Å². The highest BCUT2D eigenvalue weighted by Crippen LogP contribution is 2.31. The average Bonchev–Trinajstić information content (AvgIpc) is 2.03. The van der Waals surface area contributed by atoms with Crippen LogP contribution in [0.15, 0.2) is 24.3 Å². The van der Waals surface area contributed by atoms with E-state index < -0.39 is 17.8 Å². The van der Waals surface area contributed by atoms with Crippen LogP contribution < -0.4 is 0 Å². The maximum Gasteiger partial charge on any atom is 0.388 e. The van der Waals surface area contributed by atoms with Crippen molar-refractivity contribution in [2.24, 2.45) is 0 Å². The van der Waals surface area contributed by atoms with Gasteiger partial charge in [-0.25, -0.2) is 4.39 Å². The van der Waals surface area contributed by atoms with Gasteiger partial charge < -0.3 is 0 Å². The van der Waals surface area contributed by atoms with Crippen molar-refractivity contribution < 1.29 is 17.6 Å². The Hall–Kier alpha value is -0.995. The van der Waals surface area contributed by atoms with Crippen molar-refractivity contribution in [1.82, 2.24) is 0 Å². The van der Waals surface area contributed by atoms with Crippen LogP contribution in [-0.4, -0.2) is 14.0 Å². The second kappa shape index (κ2) is 3.40. The van der Waals surface area contributed by atoms with Gasteiger partial charge in [-0.2, -0.15) is 13.2 Å². The van der Waals surface area contributed by atoms with E-state index in [1.807, 2.05) is 0 Å². The Bertz CT molecular complexity index is 277. The molecule has 0 amide bonds. The number of hydrogen-bond acceptors (Lipinski definition) is 0. The highest BCUT2D eigenvalue weighted by molar-refractivity contribution is 6.13. The molecule has 0 saturated heterocycles. The summed E-state index contributed by atoms with van der Waals surface area (Å²) in [4.78, 5) is 0. The number of rotatable bonds is 1. The lowest BCUT2D eigenvalue weighted by molar-refractivity contribution is -0.131. The van der Waals surface area contributed by atoms with Gasteiger partial charge in [0, 0.05) is 5.82 Å². The minimum absolute atomic E-state index is 0.145. The zero-order valence-corrected chi connectivity index (χ0v) is 6.48. The minimum atomic E-state index is -4.49. The maximum atomic E-state index is 12.3. The van der Waals surface area contributed by atoms with E-state index >= 15 is 0 Å². The molecule has 0 aliphatic heterocycles. The van der Waals surface area contributed by atoms with Gasteiger partial charge in [-0.05, 0) is 17.7 Å². The monoisotopic (exact) mass is 188 g/mol. The minimum Gasteiger partial charge on any atom is -0.207 e. The molecule has 1 unspecified atom stereocenters. The molecule has 1 atom stereocenters. The van der Waals surface area contributed by atoms with Gasteiger partial charge in [-0.1, -0.05) is 12.1 Å². The Labute approximate surface area is 74.0 Å². The van der Waals surface area contributed by atoms with E-state index in [9.17, 15) is 17.6 Å². The van der Waals surface area contributed by atoms with Crippen molar-refractivity contribution in [3.05, 3.63) is 35.6 Å². The molecule has 13 heavy (non-hydrogen) atoms. The Balaban J connectivity index is 2.90. The zero-order valence-electron chi connectivity index (χ0n) is 6.48. The molecule has 0 aliphatic carbocycles. The summed E-state index contributed by atoms with van der Waals surface area (Å²) < 4.78 is 48.4. The molecular weight excluding hydrogens is 183 g/mol. The van der Waals surface area contributed by atoms with Gasteiger partial charge >= 0.3 is 6.18 Å². The number of hydrogen-bond donors (Lipinski definition) is 0. The highest BCUT2D eigenvalue weighted by Gasteiger charge is 2.36. The van der Waals surface area contributed by atoms with Gasteiger partial charge in [-0.15, -0.1) is 0 Å². The Morgan fingerprint density at radius 3 is 1.92 bits per heavy atom. The summed E-state index contributed by atoms with van der Waals surface area (Å²) in [5.41, 5.74) is -0.145. The van der Waals surface area contributed by atoms with Crippen LogP contribution in [0, 0.1) is 5.82 Å². The highest BCUT2D eigenvalue weighted by atomic mass is 19.4. The summed E-state index contributed by atoms with van der Waals surface area (Å²) in [7, 11) is 4.87. The lowest BCUT2D eigenvalue weighted by Crippen LogP contribution is -2.20. The van der Waals surface area contributed by atoms with Crippen molar-refractivity contribution in [3.63, 3.8) is 0 Å². The second-order valence-electron chi connectivity index (χ2n) is 2.57. The molecule has 2 radical (unpaired) electrons. The van der Waals surface area contributed by atoms with Gasteiger partial charge in [0.25, 0.3) is 0 Å². The van der Waals surface area contributed by atoms with E-state index in [1.54, 1.807) is 0 Å². The molecule has 0 aromatic heterocycles. The number of benzene rings is 1. The molecule has 1 aromatic carbocycles. The smallest absolute Gasteiger partial charge is 0.207 e. The first-order chi connectivity index (χ1) is 5.91. The molecule has 0 spiro atoms. The predicted octanol–water partition coefficient (Wildman–Crippen LogP) is 2.60. The molecule has 0 saturated carbocycles. The van der Waals surface area contributed by atoms with Crippen LogP contribution in [0.2, 0.25) is 0 Å². The van der Waals surface area contributed by atoms with E-state index in [4.69, 9.17) is 7.85 Å². The van der Waals surface area contributed by atoms with Gasteiger partial charge in [0.05, 0.1) is 7.85 Å². The topological polar surface area (TPSA) is 0 Å². The molecule has 0 bridgehead atoms. The number of halogens is 4. The van der Waals surface area contributed by atoms with Crippen LogP contribution in [0.5, 0.6) is 0 Å². The molecule has 0 N–H and O–H groups in total. The molecule has 1 aromatic rings. The van der Waals surface area contributed by atoms with Crippen LogP contribution in [0.4, 0.5) is 17.6 Å². The van der Waals surface area contributed by atoms with Crippen molar-refractivity contribution in [2.75, 3.05) is 0 Å². The zero-order chi connectivity index (χ0) is 10.1. The van der Waals surface area contributed by atoms with E-state index in [1.165, 1.54) is 0 Å². The summed E-state index contributed by atoms with van der Waals surface area (Å²) in [6.45, 7) is 0. The van der Waals surface area contributed by atoms with Gasteiger partial charge in [-0.3, -0.25) is 0 Å². The lowest BCUT2D eigenvalue weighted by Gasteiger charge is -2.15. The average molecular weight is 188 g/mol. The first-order valence-corrected chi connectivity index (χ1v) is 3.49. The third-order valence-corrected chi connectivity index (χ3v) is 1.58. The summed E-state index contributed by atoms with van der Waals surface area (Å²) in [5, 5.41) is 0. The fraction of sp³-hybridized carbons (Fsp3) is 0.250. The molecule has 0 heterocycles. The SMILES string of the molecule is [B]C(c1ccc(F)cc1)C(F)(F)F. The van der Waals surface area contributed by atoms with Crippen LogP contribution in [0.1, 0.15) is 11.4 Å². The predicted molar refractivity (Wildman–Crippen MR) is 41.0 cm³/mol. The summed E-state index contributed by atoms with van der Waals surface area (Å²) >= 11 is 0. The van der Waals surface area contributed by atoms with E-state index in [2.05, 4.69) is 0 Å². The largest absolute Gasteiger partial charge is 0.388 e. The van der Waals surface area contributed by atoms with Gasteiger partial charge in [0.1, 0.15) is 5.82 Å². The Kier molecular flexibility index (Phi) is 2.64. The van der Waals surface area contributed by atoms with Crippen molar-refractivity contribution in [3.8, 4) is 0 Å². The summed E-state index contributed by atoms with van der Waals surface area (Å²) in [6.07, 6.45) is -4.49. The first kappa shape index (κ1) is 10.1. The molecule has 5 heteroatoms.